The number of hydrogen-bond donors (Lipinski definition) is 2. The molecular formula is C16H15ClN4O3S. The van der Waals surface area contributed by atoms with E-state index in [2.05, 4.69) is 9.97 Å². The zero-order chi connectivity index (χ0) is 18.0. The third-order valence-corrected chi connectivity index (χ3v) is 4.92. The molecule has 0 saturated heterocycles. The van der Waals surface area contributed by atoms with Crippen LogP contribution in [-0.2, 0) is 5.75 Å². The van der Waals surface area contributed by atoms with Gasteiger partial charge in [0, 0.05) is 29.6 Å². The summed E-state index contributed by atoms with van der Waals surface area (Å²) < 4.78 is 0. The Kier molecular flexibility index (Phi) is 5.33. The number of imide groups is 1. The standard InChI is InChI=1S/C16H15ClN4O3S/c17-16-19-5-11(6-20-16)25-8-9-1-2-12-13(3-9)15(24)21(14(12)23)7-10(22)4-18/h1-3,5-6,10,22H,4,7-8,18H2/t10-/m1/s1. The first-order chi connectivity index (χ1) is 12.0. The molecule has 1 aromatic heterocycles. The number of aromatic nitrogens is 2. The van der Waals surface area contributed by atoms with Crippen LogP contribution in [0.2, 0.25) is 5.28 Å². The molecule has 0 spiro atoms. The van der Waals surface area contributed by atoms with Crippen LogP contribution >= 0.6 is 23.4 Å². The number of carbonyl (C=O) groups is 2. The smallest absolute Gasteiger partial charge is 0.261 e. The number of nitrogens with two attached hydrogens (primary N) is 1. The van der Waals surface area contributed by atoms with Gasteiger partial charge in [-0.2, -0.15) is 0 Å². The van der Waals surface area contributed by atoms with Crippen molar-refractivity contribution in [3.63, 3.8) is 0 Å². The Balaban J connectivity index is 1.74. The number of hydrogen-bond acceptors (Lipinski definition) is 7. The summed E-state index contributed by atoms with van der Waals surface area (Å²) in [6, 6.07) is 5.14. The van der Waals surface area contributed by atoms with Crippen molar-refractivity contribution in [2.24, 2.45) is 5.73 Å². The van der Waals surface area contributed by atoms with Gasteiger partial charge in [0.2, 0.25) is 5.28 Å². The molecule has 1 aromatic carbocycles. The number of aliphatic hydroxyl groups excluding tert-OH is 1. The lowest BCUT2D eigenvalue weighted by Crippen LogP contribution is -2.39. The van der Waals surface area contributed by atoms with Gasteiger partial charge in [-0.3, -0.25) is 14.5 Å². The summed E-state index contributed by atoms with van der Waals surface area (Å²) >= 11 is 7.15. The van der Waals surface area contributed by atoms with Gasteiger partial charge in [-0.15, -0.1) is 11.8 Å². The van der Waals surface area contributed by atoms with Gasteiger partial charge in [0.1, 0.15) is 0 Å². The third kappa shape index (κ3) is 3.82. The summed E-state index contributed by atoms with van der Waals surface area (Å²) in [7, 11) is 0. The second kappa shape index (κ2) is 7.49. The average Bonchev–Trinajstić information content (AvgIpc) is 2.85. The summed E-state index contributed by atoms with van der Waals surface area (Å²) in [6.45, 7) is -0.118. The average molecular weight is 379 g/mol. The lowest BCUT2D eigenvalue weighted by molar-refractivity contribution is 0.0554. The molecule has 2 heterocycles. The van der Waals surface area contributed by atoms with Crippen molar-refractivity contribution < 1.29 is 14.7 Å². The fraction of sp³-hybridized carbons (Fsp3) is 0.250. The van der Waals surface area contributed by atoms with E-state index in [1.165, 1.54) is 11.8 Å². The molecule has 1 aliphatic rings. The Hall–Kier alpha value is -2.00. The quantitative estimate of drug-likeness (QED) is 0.443. The highest BCUT2D eigenvalue weighted by molar-refractivity contribution is 7.98. The first-order valence-corrected chi connectivity index (χ1v) is 8.83. The Morgan fingerprint density at radius 2 is 1.88 bits per heavy atom. The van der Waals surface area contributed by atoms with E-state index < -0.39 is 17.9 Å². The van der Waals surface area contributed by atoms with Crippen molar-refractivity contribution in [1.82, 2.24) is 14.9 Å². The van der Waals surface area contributed by atoms with Gasteiger partial charge in [-0.05, 0) is 29.3 Å². The van der Waals surface area contributed by atoms with Gasteiger partial charge in [-0.1, -0.05) is 6.07 Å². The van der Waals surface area contributed by atoms with E-state index in [-0.39, 0.29) is 18.4 Å². The first kappa shape index (κ1) is 17.8. The Morgan fingerprint density at radius 1 is 1.20 bits per heavy atom. The number of carbonyl (C=O) groups excluding carboxylic acids is 2. The Labute approximate surface area is 153 Å². The number of aliphatic hydroxyl groups is 1. The minimum atomic E-state index is -0.929. The maximum absolute atomic E-state index is 12.4. The maximum Gasteiger partial charge on any atom is 0.261 e. The molecule has 1 atom stereocenters. The molecule has 0 radical (unpaired) electrons. The molecule has 0 saturated carbocycles. The predicted octanol–water partition coefficient (Wildman–Crippen LogP) is 1.34. The van der Waals surface area contributed by atoms with Crippen molar-refractivity contribution in [1.29, 1.82) is 0 Å². The van der Waals surface area contributed by atoms with Gasteiger partial charge in [0.15, 0.2) is 0 Å². The molecule has 3 N–H and O–H groups in total. The molecule has 1 aliphatic heterocycles. The van der Waals surface area contributed by atoms with E-state index in [1.807, 2.05) is 0 Å². The van der Waals surface area contributed by atoms with Crippen LogP contribution < -0.4 is 5.73 Å². The predicted molar refractivity (Wildman–Crippen MR) is 93.5 cm³/mol. The summed E-state index contributed by atoms with van der Waals surface area (Å²) in [6.07, 6.45) is 2.32. The van der Waals surface area contributed by atoms with Crippen LogP contribution in [0, 0.1) is 0 Å². The molecule has 0 fully saturated rings. The molecule has 0 aliphatic carbocycles. The summed E-state index contributed by atoms with van der Waals surface area (Å²) in [5.41, 5.74) is 6.94. The highest BCUT2D eigenvalue weighted by Crippen LogP contribution is 2.27. The van der Waals surface area contributed by atoms with Crippen LogP contribution in [0.25, 0.3) is 0 Å². The van der Waals surface area contributed by atoms with E-state index in [1.54, 1.807) is 30.6 Å². The number of rotatable bonds is 6. The van der Waals surface area contributed by atoms with Gasteiger partial charge >= 0.3 is 0 Å². The van der Waals surface area contributed by atoms with Crippen molar-refractivity contribution in [3.8, 4) is 0 Å². The number of fused-ring (bicyclic) bond motifs is 1. The summed E-state index contributed by atoms with van der Waals surface area (Å²) in [5.74, 6) is -0.225. The van der Waals surface area contributed by atoms with E-state index in [0.717, 1.165) is 15.4 Å². The Bertz CT molecular complexity index is 816. The SMILES string of the molecule is NC[C@@H](O)CN1C(=O)c2ccc(CSc3cnc(Cl)nc3)cc2C1=O. The lowest BCUT2D eigenvalue weighted by Gasteiger charge is -2.16. The number of amides is 2. The van der Waals surface area contributed by atoms with E-state index in [9.17, 15) is 14.7 Å². The van der Waals surface area contributed by atoms with Crippen molar-refractivity contribution in [2.75, 3.05) is 13.1 Å². The molecule has 2 amide bonds. The lowest BCUT2D eigenvalue weighted by atomic mass is 10.1. The van der Waals surface area contributed by atoms with Gasteiger partial charge in [-0.25, -0.2) is 9.97 Å². The maximum atomic E-state index is 12.4. The minimum absolute atomic E-state index is 0.0154. The van der Waals surface area contributed by atoms with E-state index >= 15 is 0 Å². The fourth-order valence-corrected chi connectivity index (χ4v) is 3.29. The molecule has 2 aromatic rings. The van der Waals surface area contributed by atoms with Crippen molar-refractivity contribution in [2.45, 2.75) is 16.8 Å². The van der Waals surface area contributed by atoms with Crippen LogP contribution in [-0.4, -0.2) is 51.0 Å². The van der Waals surface area contributed by atoms with E-state index in [0.29, 0.717) is 16.9 Å². The molecule has 3 rings (SSSR count). The minimum Gasteiger partial charge on any atom is -0.390 e. The highest BCUT2D eigenvalue weighted by atomic mass is 35.5. The number of nitrogens with zero attached hydrogens (tertiary/aromatic N) is 3. The first-order valence-electron chi connectivity index (χ1n) is 7.47. The van der Waals surface area contributed by atoms with Crippen molar-refractivity contribution >= 4 is 35.2 Å². The largest absolute Gasteiger partial charge is 0.390 e. The molecule has 0 unspecified atom stereocenters. The van der Waals surface area contributed by atoms with Gasteiger partial charge in [0.25, 0.3) is 11.8 Å². The van der Waals surface area contributed by atoms with Crippen LogP contribution in [0.5, 0.6) is 0 Å². The fourth-order valence-electron chi connectivity index (χ4n) is 2.42. The zero-order valence-electron chi connectivity index (χ0n) is 13.1. The molecule has 130 valence electrons. The number of halogens is 1. The number of β-amino-alcohol motifs (C(OH)–C–C–N with tert-alkyl or cyclic N) is 1. The van der Waals surface area contributed by atoms with Gasteiger partial charge < -0.3 is 10.8 Å². The molecule has 25 heavy (non-hydrogen) atoms. The van der Waals surface area contributed by atoms with Crippen LogP contribution in [0.3, 0.4) is 0 Å². The molecule has 7 nitrogen and oxygen atoms in total. The number of benzene rings is 1. The second-order valence-corrected chi connectivity index (χ2v) is 6.85. The highest BCUT2D eigenvalue weighted by Gasteiger charge is 2.36. The third-order valence-electron chi connectivity index (χ3n) is 3.70. The summed E-state index contributed by atoms with van der Waals surface area (Å²) in [5, 5.41) is 9.81. The summed E-state index contributed by atoms with van der Waals surface area (Å²) in [4.78, 5) is 34.4. The van der Waals surface area contributed by atoms with E-state index in [4.69, 9.17) is 17.3 Å². The molecule has 0 bridgehead atoms. The number of thioether (sulfide) groups is 1. The topological polar surface area (TPSA) is 109 Å². The van der Waals surface area contributed by atoms with Gasteiger partial charge in [0.05, 0.1) is 23.8 Å². The van der Waals surface area contributed by atoms with Crippen LogP contribution in [0.15, 0.2) is 35.5 Å². The van der Waals surface area contributed by atoms with Crippen LogP contribution in [0.4, 0.5) is 0 Å². The second-order valence-electron chi connectivity index (χ2n) is 5.47. The Morgan fingerprint density at radius 3 is 2.56 bits per heavy atom. The zero-order valence-corrected chi connectivity index (χ0v) is 14.6. The van der Waals surface area contributed by atoms with Crippen LogP contribution in [0.1, 0.15) is 26.3 Å². The monoisotopic (exact) mass is 378 g/mol. The molecular weight excluding hydrogens is 364 g/mol. The normalized spacial score (nSPS) is 14.8. The van der Waals surface area contributed by atoms with Crippen molar-refractivity contribution in [3.05, 3.63) is 52.6 Å². The molecule has 9 heteroatoms.